The highest BCUT2D eigenvalue weighted by Crippen LogP contribution is 2.30. The van der Waals surface area contributed by atoms with Gasteiger partial charge in [0.2, 0.25) is 5.78 Å². The lowest BCUT2D eigenvalue weighted by Gasteiger charge is -1.93. The van der Waals surface area contributed by atoms with Crippen molar-refractivity contribution in [2.24, 2.45) is 0 Å². The molecule has 0 atom stereocenters. The number of aryl methyl sites for hydroxylation is 2. The number of fused-ring (bicyclic) bond motifs is 1. The van der Waals surface area contributed by atoms with Gasteiger partial charge in [-0.15, -0.1) is 11.3 Å². The molecule has 2 nitrogen and oxygen atoms in total. The summed E-state index contributed by atoms with van der Waals surface area (Å²) >= 11 is 1.66. The van der Waals surface area contributed by atoms with Gasteiger partial charge in [0.1, 0.15) is 6.26 Å². The van der Waals surface area contributed by atoms with Gasteiger partial charge in [-0.3, -0.25) is 4.79 Å². The molecule has 0 unspecified atom stereocenters. The van der Waals surface area contributed by atoms with E-state index in [9.17, 15) is 4.79 Å². The maximum absolute atomic E-state index is 12.2. The molecular formula is C14H14O2S. The molecule has 17 heavy (non-hydrogen) atoms. The fourth-order valence-corrected chi connectivity index (χ4v) is 3.53. The fraction of sp³-hybridized carbons (Fsp3) is 0.357. The van der Waals surface area contributed by atoms with Gasteiger partial charge in [0, 0.05) is 4.88 Å². The van der Waals surface area contributed by atoms with Crippen molar-refractivity contribution in [2.75, 3.05) is 0 Å². The SMILES string of the molecule is O=C(c1ccoc1)c1cc2c(s1)CCCCC2. The first-order chi connectivity index (χ1) is 8.34. The van der Waals surface area contributed by atoms with Gasteiger partial charge in [0.15, 0.2) is 0 Å². The third-order valence-corrected chi connectivity index (χ3v) is 4.49. The van der Waals surface area contributed by atoms with E-state index < -0.39 is 0 Å². The molecular weight excluding hydrogens is 232 g/mol. The third-order valence-electron chi connectivity index (χ3n) is 3.25. The van der Waals surface area contributed by atoms with Crippen LogP contribution in [0.25, 0.3) is 0 Å². The number of hydrogen-bond donors (Lipinski definition) is 0. The van der Waals surface area contributed by atoms with E-state index >= 15 is 0 Å². The van der Waals surface area contributed by atoms with E-state index in [0.717, 1.165) is 17.7 Å². The van der Waals surface area contributed by atoms with Crippen molar-refractivity contribution in [1.82, 2.24) is 0 Å². The highest BCUT2D eigenvalue weighted by Gasteiger charge is 2.18. The Morgan fingerprint density at radius 2 is 2.12 bits per heavy atom. The van der Waals surface area contributed by atoms with Crippen molar-refractivity contribution < 1.29 is 9.21 Å². The number of hydrogen-bond acceptors (Lipinski definition) is 3. The second-order valence-electron chi connectivity index (χ2n) is 4.46. The van der Waals surface area contributed by atoms with Crippen LogP contribution in [0.1, 0.15) is 44.9 Å². The minimum atomic E-state index is 0.0943. The lowest BCUT2D eigenvalue weighted by Crippen LogP contribution is -1.95. The Morgan fingerprint density at radius 1 is 1.24 bits per heavy atom. The summed E-state index contributed by atoms with van der Waals surface area (Å²) in [6.07, 6.45) is 9.16. The van der Waals surface area contributed by atoms with Crippen LogP contribution in [0.4, 0.5) is 0 Å². The van der Waals surface area contributed by atoms with Crippen LogP contribution in [0.3, 0.4) is 0 Å². The number of carbonyl (C=O) groups excluding carboxylic acids is 1. The molecule has 0 spiro atoms. The number of rotatable bonds is 2. The summed E-state index contributed by atoms with van der Waals surface area (Å²) < 4.78 is 4.96. The normalized spacial score (nSPS) is 15.3. The van der Waals surface area contributed by atoms with Crippen molar-refractivity contribution in [3.63, 3.8) is 0 Å². The predicted molar refractivity (Wildman–Crippen MR) is 67.7 cm³/mol. The minimum absolute atomic E-state index is 0.0943. The summed E-state index contributed by atoms with van der Waals surface area (Å²) in [5.74, 6) is 0.0943. The van der Waals surface area contributed by atoms with Gasteiger partial charge in [0.25, 0.3) is 0 Å². The zero-order chi connectivity index (χ0) is 11.7. The first-order valence-corrected chi connectivity index (χ1v) is 6.85. The molecule has 0 fully saturated rings. The molecule has 0 saturated carbocycles. The molecule has 2 aromatic heterocycles. The van der Waals surface area contributed by atoms with Gasteiger partial charge in [0.05, 0.1) is 16.7 Å². The second-order valence-corrected chi connectivity index (χ2v) is 5.60. The molecule has 0 N–H and O–H groups in total. The third kappa shape index (κ3) is 2.07. The van der Waals surface area contributed by atoms with Gasteiger partial charge < -0.3 is 4.42 Å². The summed E-state index contributed by atoms with van der Waals surface area (Å²) in [4.78, 5) is 14.4. The maximum Gasteiger partial charge on any atom is 0.206 e. The Kier molecular flexibility index (Phi) is 2.85. The molecule has 1 aliphatic carbocycles. The molecule has 0 saturated heterocycles. The van der Waals surface area contributed by atoms with E-state index in [1.54, 1.807) is 23.7 Å². The summed E-state index contributed by atoms with van der Waals surface area (Å²) in [5, 5.41) is 0. The standard InChI is InChI=1S/C14H14O2S/c15-14(11-6-7-16-9-11)13-8-10-4-2-1-3-5-12(10)17-13/h6-9H,1-5H2. The fourth-order valence-electron chi connectivity index (χ4n) is 2.32. The lowest BCUT2D eigenvalue weighted by molar-refractivity contribution is 0.104. The molecule has 3 rings (SSSR count). The first kappa shape index (κ1) is 10.8. The Labute approximate surface area is 104 Å². The van der Waals surface area contributed by atoms with Gasteiger partial charge in [-0.25, -0.2) is 0 Å². The van der Waals surface area contributed by atoms with Crippen LogP contribution in [0.5, 0.6) is 0 Å². The number of thiophene rings is 1. The smallest absolute Gasteiger partial charge is 0.206 e. The predicted octanol–water partition coefficient (Wildman–Crippen LogP) is 3.84. The van der Waals surface area contributed by atoms with Crippen molar-refractivity contribution in [2.45, 2.75) is 32.1 Å². The van der Waals surface area contributed by atoms with Crippen LogP contribution in [0.2, 0.25) is 0 Å². The van der Waals surface area contributed by atoms with E-state index in [4.69, 9.17) is 4.42 Å². The van der Waals surface area contributed by atoms with Crippen LogP contribution >= 0.6 is 11.3 Å². The largest absolute Gasteiger partial charge is 0.472 e. The Morgan fingerprint density at radius 3 is 2.94 bits per heavy atom. The van der Waals surface area contributed by atoms with Crippen LogP contribution in [0.15, 0.2) is 29.1 Å². The topological polar surface area (TPSA) is 30.2 Å². The van der Waals surface area contributed by atoms with E-state index in [-0.39, 0.29) is 5.78 Å². The van der Waals surface area contributed by atoms with E-state index in [0.29, 0.717) is 5.56 Å². The first-order valence-electron chi connectivity index (χ1n) is 6.03. The molecule has 0 aliphatic heterocycles. The van der Waals surface area contributed by atoms with Crippen LogP contribution in [-0.2, 0) is 12.8 Å². The monoisotopic (exact) mass is 246 g/mol. The van der Waals surface area contributed by atoms with Gasteiger partial charge in [-0.1, -0.05) is 6.42 Å². The summed E-state index contributed by atoms with van der Waals surface area (Å²) in [6.45, 7) is 0. The molecule has 0 aromatic carbocycles. The summed E-state index contributed by atoms with van der Waals surface area (Å²) in [7, 11) is 0. The molecule has 2 aromatic rings. The van der Waals surface area contributed by atoms with Crippen molar-refractivity contribution in [1.29, 1.82) is 0 Å². The van der Waals surface area contributed by atoms with Crippen molar-refractivity contribution in [3.05, 3.63) is 45.5 Å². The quantitative estimate of drug-likeness (QED) is 0.595. The van der Waals surface area contributed by atoms with Gasteiger partial charge in [-0.2, -0.15) is 0 Å². The van der Waals surface area contributed by atoms with E-state index in [1.165, 1.54) is 36.0 Å². The zero-order valence-corrected chi connectivity index (χ0v) is 10.4. The maximum atomic E-state index is 12.2. The highest BCUT2D eigenvalue weighted by atomic mass is 32.1. The summed E-state index contributed by atoms with van der Waals surface area (Å²) in [5.41, 5.74) is 2.04. The van der Waals surface area contributed by atoms with E-state index in [2.05, 4.69) is 6.07 Å². The molecule has 3 heteroatoms. The van der Waals surface area contributed by atoms with Gasteiger partial charge in [-0.05, 0) is 43.4 Å². The Hall–Kier alpha value is -1.35. The number of carbonyl (C=O) groups is 1. The number of furan rings is 1. The average molecular weight is 246 g/mol. The Bertz CT molecular complexity index is 499. The van der Waals surface area contributed by atoms with Crippen LogP contribution in [0, 0.1) is 0 Å². The van der Waals surface area contributed by atoms with Gasteiger partial charge >= 0.3 is 0 Å². The summed E-state index contributed by atoms with van der Waals surface area (Å²) in [6, 6.07) is 3.81. The highest BCUT2D eigenvalue weighted by molar-refractivity contribution is 7.14. The molecule has 1 aliphatic rings. The van der Waals surface area contributed by atoms with Crippen molar-refractivity contribution in [3.8, 4) is 0 Å². The minimum Gasteiger partial charge on any atom is -0.472 e. The number of ketones is 1. The molecule has 2 heterocycles. The molecule has 0 bridgehead atoms. The average Bonchev–Trinajstić information content (AvgIpc) is 2.95. The van der Waals surface area contributed by atoms with E-state index in [1.807, 2.05) is 0 Å². The second kappa shape index (κ2) is 4.49. The Balaban J connectivity index is 1.92. The molecule has 0 radical (unpaired) electrons. The van der Waals surface area contributed by atoms with Crippen LogP contribution in [-0.4, -0.2) is 5.78 Å². The van der Waals surface area contributed by atoms with Crippen molar-refractivity contribution >= 4 is 17.1 Å². The molecule has 0 amide bonds. The zero-order valence-electron chi connectivity index (χ0n) is 9.57. The molecule has 88 valence electrons. The lowest BCUT2D eigenvalue weighted by atomic mass is 10.1. The van der Waals surface area contributed by atoms with Crippen LogP contribution < -0.4 is 0 Å².